The number of para-hydroxylation sites is 4. The molecule has 1 aromatic heterocycles. The Morgan fingerprint density at radius 2 is 1.70 bits per heavy atom. The Balaban J connectivity index is 1.85. The van der Waals surface area contributed by atoms with E-state index in [4.69, 9.17) is 9.47 Å². The summed E-state index contributed by atoms with van der Waals surface area (Å²) in [5.41, 5.74) is 2.26. The van der Waals surface area contributed by atoms with E-state index in [2.05, 4.69) is 21.7 Å². The van der Waals surface area contributed by atoms with Gasteiger partial charge in [-0.1, -0.05) is 24.3 Å². The van der Waals surface area contributed by atoms with Crippen LogP contribution in [0.25, 0.3) is 11.0 Å². The van der Waals surface area contributed by atoms with Crippen molar-refractivity contribution in [1.82, 2.24) is 4.98 Å². The van der Waals surface area contributed by atoms with Gasteiger partial charge in [0.2, 0.25) is 0 Å². The summed E-state index contributed by atoms with van der Waals surface area (Å²) in [4.78, 5) is 3.37. The van der Waals surface area contributed by atoms with Crippen LogP contribution in [0.3, 0.4) is 0 Å². The van der Waals surface area contributed by atoms with Gasteiger partial charge in [-0.3, -0.25) is 0 Å². The van der Waals surface area contributed by atoms with Crippen molar-refractivity contribution in [2.45, 2.75) is 6.61 Å². The second-order valence-corrected chi connectivity index (χ2v) is 4.59. The van der Waals surface area contributed by atoms with Crippen molar-refractivity contribution in [3.63, 3.8) is 0 Å². The Hall–Kier alpha value is -2.49. The largest absolute Gasteiger partial charge is 0.493 e. The van der Waals surface area contributed by atoms with Crippen LogP contribution in [0.15, 0.2) is 48.5 Å². The zero-order valence-electron chi connectivity index (χ0n) is 11.6. The molecule has 2 aromatic carbocycles. The maximum Gasteiger partial charge on any atom is 0.293 e. The van der Waals surface area contributed by atoms with E-state index < -0.39 is 0 Å². The Morgan fingerprint density at radius 1 is 1.00 bits per heavy atom. The smallest absolute Gasteiger partial charge is 0.293 e. The predicted molar refractivity (Wildman–Crippen MR) is 76.8 cm³/mol. The number of aromatic nitrogens is 2. The number of nitrogens with zero attached hydrogens (tertiary/aromatic N) is 1. The second-order valence-electron chi connectivity index (χ2n) is 4.59. The van der Waals surface area contributed by atoms with Gasteiger partial charge >= 0.3 is 0 Å². The van der Waals surface area contributed by atoms with Gasteiger partial charge in [0.15, 0.2) is 29.1 Å². The molecule has 4 nitrogen and oxygen atoms in total. The maximum atomic E-state index is 5.85. The van der Waals surface area contributed by atoms with Gasteiger partial charge < -0.3 is 9.47 Å². The highest BCUT2D eigenvalue weighted by Gasteiger charge is 2.15. The molecule has 0 bridgehead atoms. The fourth-order valence-corrected chi connectivity index (χ4v) is 2.27. The molecule has 4 heteroatoms. The Morgan fingerprint density at radius 3 is 2.45 bits per heavy atom. The molecule has 0 saturated carbocycles. The van der Waals surface area contributed by atoms with Crippen molar-refractivity contribution < 1.29 is 14.0 Å². The average molecular weight is 269 g/mol. The number of fused-ring (bicyclic) bond motifs is 1. The lowest BCUT2D eigenvalue weighted by atomic mass is 10.3. The summed E-state index contributed by atoms with van der Waals surface area (Å²) in [6.07, 6.45) is 0. The van der Waals surface area contributed by atoms with E-state index in [0.717, 1.165) is 28.4 Å². The molecule has 0 aliphatic heterocycles. The zero-order valence-corrected chi connectivity index (χ0v) is 11.6. The molecule has 0 aliphatic rings. The van der Waals surface area contributed by atoms with Crippen LogP contribution in [0.2, 0.25) is 0 Å². The van der Waals surface area contributed by atoms with Crippen molar-refractivity contribution in [3.05, 3.63) is 54.4 Å². The predicted octanol–water partition coefficient (Wildman–Crippen LogP) is 2.58. The van der Waals surface area contributed by atoms with E-state index in [0.29, 0.717) is 6.61 Å². The third-order valence-electron chi connectivity index (χ3n) is 3.38. The highest BCUT2D eigenvalue weighted by molar-refractivity contribution is 5.70. The van der Waals surface area contributed by atoms with Crippen LogP contribution < -0.4 is 14.0 Å². The molecule has 0 aliphatic carbocycles. The molecule has 1 heterocycles. The molecule has 0 saturated heterocycles. The number of imidazole rings is 1. The molecule has 0 amide bonds. The van der Waals surface area contributed by atoms with Gasteiger partial charge in [0.1, 0.15) is 0 Å². The molecule has 20 heavy (non-hydrogen) atoms. The lowest BCUT2D eigenvalue weighted by Gasteiger charge is -2.08. The highest BCUT2D eigenvalue weighted by Crippen LogP contribution is 2.26. The molecule has 102 valence electrons. The first kappa shape index (κ1) is 12.5. The van der Waals surface area contributed by atoms with Crippen molar-refractivity contribution in [2.75, 3.05) is 7.11 Å². The number of methoxy groups -OCH3 is 1. The molecular formula is C16H17N2O2+. The molecule has 3 aromatic rings. The summed E-state index contributed by atoms with van der Waals surface area (Å²) >= 11 is 0. The van der Waals surface area contributed by atoms with Crippen LogP contribution in [0.1, 0.15) is 5.82 Å². The lowest BCUT2D eigenvalue weighted by molar-refractivity contribution is -0.654. The van der Waals surface area contributed by atoms with Crippen LogP contribution in [0, 0.1) is 0 Å². The van der Waals surface area contributed by atoms with E-state index in [1.54, 1.807) is 7.11 Å². The van der Waals surface area contributed by atoms with Crippen LogP contribution in [0.5, 0.6) is 11.5 Å². The van der Waals surface area contributed by atoms with Gasteiger partial charge in [-0.05, 0) is 24.3 Å². The van der Waals surface area contributed by atoms with Gasteiger partial charge in [-0.2, -0.15) is 0 Å². The summed E-state index contributed by atoms with van der Waals surface area (Å²) < 4.78 is 13.2. The summed E-state index contributed by atoms with van der Waals surface area (Å²) in [6, 6.07) is 15.8. The van der Waals surface area contributed by atoms with Crippen molar-refractivity contribution in [3.8, 4) is 11.5 Å². The van der Waals surface area contributed by atoms with Crippen LogP contribution in [-0.4, -0.2) is 12.1 Å². The Labute approximate surface area is 117 Å². The van der Waals surface area contributed by atoms with Crippen molar-refractivity contribution in [2.24, 2.45) is 7.05 Å². The van der Waals surface area contributed by atoms with Crippen LogP contribution in [-0.2, 0) is 13.7 Å². The van der Waals surface area contributed by atoms with Gasteiger partial charge in [0.25, 0.3) is 5.82 Å². The molecule has 0 atom stereocenters. The Kier molecular flexibility index (Phi) is 3.29. The molecule has 0 fully saturated rings. The first-order valence-corrected chi connectivity index (χ1v) is 6.51. The quantitative estimate of drug-likeness (QED) is 0.739. The standard InChI is InChI=1S/C16H16N2O2/c1-18-13-8-4-3-7-12(13)17-16(18)11-20-15-10-6-5-9-14(15)19-2/h3-10H,11H2,1-2H3/p+1. The van der Waals surface area contributed by atoms with Gasteiger partial charge in [-0.25, -0.2) is 9.55 Å². The third kappa shape index (κ3) is 2.20. The number of aromatic amines is 1. The second kappa shape index (κ2) is 5.25. The Bertz CT molecular complexity index is 734. The van der Waals surface area contributed by atoms with Gasteiger partial charge in [-0.15, -0.1) is 0 Å². The molecule has 3 rings (SSSR count). The first-order valence-electron chi connectivity index (χ1n) is 6.51. The lowest BCUT2D eigenvalue weighted by Crippen LogP contribution is -2.32. The normalized spacial score (nSPS) is 10.7. The minimum atomic E-state index is 0.464. The molecule has 0 spiro atoms. The minimum Gasteiger partial charge on any atom is -0.493 e. The minimum absolute atomic E-state index is 0.464. The SMILES string of the molecule is COc1ccccc1OCc1[nH]c2ccccc2[n+]1C. The van der Waals surface area contributed by atoms with Gasteiger partial charge in [0.05, 0.1) is 14.2 Å². The van der Waals surface area contributed by atoms with E-state index >= 15 is 0 Å². The molecule has 1 N–H and O–H groups in total. The van der Waals surface area contributed by atoms with Crippen LogP contribution >= 0.6 is 0 Å². The number of hydrogen-bond acceptors (Lipinski definition) is 2. The number of rotatable bonds is 4. The third-order valence-corrected chi connectivity index (χ3v) is 3.38. The topological polar surface area (TPSA) is 38.1 Å². The number of ether oxygens (including phenoxy) is 2. The molecular weight excluding hydrogens is 252 g/mol. The number of aryl methyl sites for hydroxylation is 1. The summed E-state index contributed by atoms with van der Waals surface area (Å²) in [5.74, 6) is 2.50. The van der Waals surface area contributed by atoms with Crippen LogP contribution in [0.4, 0.5) is 0 Å². The van der Waals surface area contributed by atoms with E-state index in [-0.39, 0.29) is 0 Å². The van der Waals surface area contributed by atoms with E-state index in [9.17, 15) is 0 Å². The number of benzene rings is 2. The number of hydrogen-bond donors (Lipinski definition) is 1. The maximum absolute atomic E-state index is 5.85. The molecule has 0 unspecified atom stereocenters. The van der Waals surface area contributed by atoms with E-state index in [1.807, 2.05) is 43.4 Å². The summed E-state index contributed by atoms with van der Waals surface area (Å²) in [6.45, 7) is 0.464. The van der Waals surface area contributed by atoms with Crippen molar-refractivity contribution in [1.29, 1.82) is 0 Å². The fourth-order valence-electron chi connectivity index (χ4n) is 2.27. The van der Waals surface area contributed by atoms with E-state index in [1.165, 1.54) is 0 Å². The highest BCUT2D eigenvalue weighted by atomic mass is 16.5. The zero-order chi connectivity index (χ0) is 13.9. The molecule has 0 radical (unpaired) electrons. The average Bonchev–Trinajstić information content (AvgIpc) is 2.82. The monoisotopic (exact) mass is 269 g/mol. The number of nitrogens with one attached hydrogen (secondary N) is 1. The summed E-state index contributed by atoms with van der Waals surface area (Å²) in [5, 5.41) is 0. The van der Waals surface area contributed by atoms with Crippen molar-refractivity contribution >= 4 is 11.0 Å². The summed E-state index contributed by atoms with van der Waals surface area (Å²) in [7, 11) is 3.67. The van der Waals surface area contributed by atoms with Gasteiger partial charge in [0, 0.05) is 0 Å². The first-order chi connectivity index (χ1) is 9.79. The number of H-pyrrole nitrogens is 1. The fraction of sp³-hybridized carbons (Fsp3) is 0.188.